The Balaban J connectivity index is 1.47. The summed E-state index contributed by atoms with van der Waals surface area (Å²) in [4.78, 5) is 30.5. The van der Waals surface area contributed by atoms with E-state index in [2.05, 4.69) is 60.5 Å². The number of rotatable bonds is 17. The number of hydrogen-bond donors (Lipinski definition) is 2. The summed E-state index contributed by atoms with van der Waals surface area (Å²) in [5, 5.41) is 11.6. The third-order valence-electron chi connectivity index (χ3n) is 8.56. The topological polar surface area (TPSA) is 135 Å². The number of benzene rings is 2. The Bertz CT molecular complexity index is 2000. The first-order valence-corrected chi connectivity index (χ1v) is 25.8. The molecule has 0 atom stereocenters. The average molecular weight is 761 g/mol. The molecule has 2 N–H and O–H groups in total. The molecule has 2 aromatic carbocycles. The van der Waals surface area contributed by atoms with E-state index in [0.717, 1.165) is 45.2 Å². The molecule has 2 amide bonds. The van der Waals surface area contributed by atoms with Crippen molar-refractivity contribution >= 4 is 50.1 Å². The number of imidazole rings is 1. The molecular formula is C39H56N6O6Si2. The smallest absolute Gasteiger partial charge is 0.407 e. The van der Waals surface area contributed by atoms with Crippen molar-refractivity contribution in [1.82, 2.24) is 30.0 Å². The maximum atomic E-state index is 13.4. The second kappa shape index (κ2) is 16.8. The number of amides is 2. The second-order valence-electron chi connectivity index (χ2n) is 16.9. The predicted molar refractivity (Wildman–Crippen MR) is 216 cm³/mol. The number of alkyl carbamates (subject to hydrolysis) is 1. The molecule has 0 saturated carbocycles. The molecule has 0 aliphatic rings. The van der Waals surface area contributed by atoms with Gasteiger partial charge in [0.1, 0.15) is 24.8 Å². The number of fused-ring (bicyclic) bond motifs is 2. The summed E-state index contributed by atoms with van der Waals surface area (Å²) in [6, 6.07) is 15.8. The van der Waals surface area contributed by atoms with Crippen LogP contribution in [0.5, 0.6) is 0 Å². The third kappa shape index (κ3) is 11.4. The van der Waals surface area contributed by atoms with Gasteiger partial charge in [0.2, 0.25) is 0 Å². The summed E-state index contributed by atoms with van der Waals surface area (Å²) < 4.78 is 27.1. The zero-order valence-corrected chi connectivity index (χ0v) is 34.8. The molecule has 53 heavy (non-hydrogen) atoms. The van der Waals surface area contributed by atoms with Gasteiger partial charge in [0.15, 0.2) is 5.82 Å². The second-order valence-corrected chi connectivity index (χ2v) is 28.1. The molecule has 3 heterocycles. The Hall–Kier alpha value is -4.25. The molecule has 5 rings (SSSR count). The number of carbonyl (C=O) groups excluding carboxylic acids is 2. The summed E-state index contributed by atoms with van der Waals surface area (Å²) in [7, 11) is -2.60. The molecule has 0 aliphatic carbocycles. The Morgan fingerprint density at radius 1 is 0.830 bits per heavy atom. The van der Waals surface area contributed by atoms with Crippen molar-refractivity contribution in [2.24, 2.45) is 0 Å². The van der Waals surface area contributed by atoms with E-state index >= 15 is 0 Å². The van der Waals surface area contributed by atoms with E-state index < -0.39 is 27.8 Å². The van der Waals surface area contributed by atoms with Gasteiger partial charge in [-0.1, -0.05) is 45.3 Å². The number of carbonyl (C=O) groups is 2. The average Bonchev–Trinajstić information content (AvgIpc) is 3.81. The van der Waals surface area contributed by atoms with Crippen LogP contribution in [0.3, 0.4) is 0 Å². The minimum absolute atomic E-state index is 0.220. The van der Waals surface area contributed by atoms with Crippen LogP contribution in [0.15, 0.2) is 59.4 Å². The Morgan fingerprint density at radius 3 is 2.19 bits per heavy atom. The van der Waals surface area contributed by atoms with E-state index in [9.17, 15) is 9.59 Å². The largest absolute Gasteiger partial charge is 0.472 e. The summed E-state index contributed by atoms with van der Waals surface area (Å²) in [5.74, 6) is 0.427. The Labute approximate surface area is 314 Å². The highest BCUT2D eigenvalue weighted by Gasteiger charge is 2.23. The van der Waals surface area contributed by atoms with Gasteiger partial charge in [-0.3, -0.25) is 9.36 Å². The van der Waals surface area contributed by atoms with Crippen molar-refractivity contribution in [1.29, 1.82) is 0 Å². The molecule has 0 aliphatic heterocycles. The van der Waals surface area contributed by atoms with Gasteiger partial charge in [0.25, 0.3) is 5.91 Å². The van der Waals surface area contributed by atoms with Gasteiger partial charge >= 0.3 is 6.09 Å². The zero-order valence-electron chi connectivity index (χ0n) is 32.8. The summed E-state index contributed by atoms with van der Waals surface area (Å²) in [5.41, 5.74) is 5.10. The maximum absolute atomic E-state index is 13.4. The highest BCUT2D eigenvalue weighted by molar-refractivity contribution is 6.76. The van der Waals surface area contributed by atoms with E-state index in [-0.39, 0.29) is 12.6 Å². The number of ether oxygens (including phenoxy) is 3. The van der Waals surface area contributed by atoms with Crippen LogP contribution in [0.2, 0.25) is 51.4 Å². The number of nitrogens with one attached hydrogen (secondary N) is 2. The van der Waals surface area contributed by atoms with Crippen LogP contribution in [0.4, 0.5) is 4.79 Å². The monoisotopic (exact) mass is 760 g/mol. The number of hydrogen-bond acceptors (Lipinski definition) is 8. The first-order valence-electron chi connectivity index (χ1n) is 18.4. The molecule has 0 bridgehead atoms. The molecule has 5 aromatic rings. The van der Waals surface area contributed by atoms with Gasteiger partial charge in [0, 0.05) is 59.0 Å². The van der Waals surface area contributed by atoms with E-state index in [1.807, 2.05) is 55.8 Å². The van der Waals surface area contributed by atoms with Crippen molar-refractivity contribution in [3.63, 3.8) is 0 Å². The lowest BCUT2D eigenvalue weighted by atomic mass is 10.1. The van der Waals surface area contributed by atoms with E-state index in [1.54, 1.807) is 18.6 Å². The van der Waals surface area contributed by atoms with E-state index in [1.165, 1.54) is 0 Å². The fourth-order valence-corrected chi connectivity index (χ4v) is 7.10. The lowest BCUT2D eigenvalue weighted by molar-refractivity contribution is 0.0527. The fourth-order valence-electron chi connectivity index (χ4n) is 5.59. The summed E-state index contributed by atoms with van der Waals surface area (Å²) in [6.45, 7) is 22.1. The molecule has 0 spiro atoms. The summed E-state index contributed by atoms with van der Waals surface area (Å²) in [6.07, 6.45) is 3.47. The Morgan fingerprint density at radius 2 is 1.53 bits per heavy atom. The predicted octanol–water partition coefficient (Wildman–Crippen LogP) is 8.58. The highest BCUT2D eigenvalue weighted by Crippen LogP contribution is 2.33. The molecule has 0 saturated heterocycles. The number of nitrogens with zero attached hydrogens (tertiary/aromatic N) is 4. The van der Waals surface area contributed by atoms with Crippen molar-refractivity contribution < 1.29 is 28.2 Å². The normalized spacial score (nSPS) is 12.5. The van der Waals surface area contributed by atoms with Crippen LogP contribution < -0.4 is 10.6 Å². The van der Waals surface area contributed by atoms with Gasteiger partial charge in [-0.05, 0) is 81.2 Å². The van der Waals surface area contributed by atoms with Crippen LogP contribution in [0, 0.1) is 0 Å². The molecule has 12 nitrogen and oxygen atoms in total. The van der Waals surface area contributed by atoms with Crippen molar-refractivity contribution in [3.05, 3.63) is 60.6 Å². The van der Waals surface area contributed by atoms with Crippen LogP contribution in [0.1, 0.15) is 37.6 Å². The molecule has 0 unspecified atom stereocenters. The minimum Gasteiger partial charge on any atom is -0.472 e. The van der Waals surface area contributed by atoms with E-state index in [4.69, 9.17) is 28.7 Å². The van der Waals surface area contributed by atoms with Gasteiger partial charge < -0.3 is 29.3 Å². The standard InChI is InChI=1S/C39H56N6O6Si2/c1-39(2,3)51-38(47)41-17-10-16-40-37(46)29-12-14-33-31(23-29)35(43-45(33)27-50-20-22-53(7,8)9)36-42-32-13-11-28(30-15-18-48-25-30)24-34(32)44(36)26-49-19-21-52(4,5)6/h11-15,18,23-25H,10,16-17,19-22,26-27H2,1-9H3,(H,40,46)(H,41,47). The quantitative estimate of drug-likeness (QED) is 0.0711. The number of furan rings is 1. The van der Waals surface area contributed by atoms with Crippen LogP contribution in [0.25, 0.3) is 44.6 Å². The maximum Gasteiger partial charge on any atom is 0.407 e. The molecular weight excluding hydrogens is 705 g/mol. The van der Waals surface area contributed by atoms with Crippen LogP contribution in [-0.2, 0) is 27.7 Å². The minimum atomic E-state index is -1.31. The molecule has 286 valence electrons. The SMILES string of the molecule is CC(C)(C)OC(=O)NCCCNC(=O)c1ccc2c(c1)c(-c1nc3ccc(-c4ccoc4)cc3n1COCC[Si](C)(C)C)nn2COCC[Si](C)(C)C. The molecule has 3 aromatic heterocycles. The van der Waals surface area contributed by atoms with Crippen molar-refractivity contribution in [2.45, 2.75) is 97.6 Å². The van der Waals surface area contributed by atoms with Crippen molar-refractivity contribution in [3.8, 4) is 22.6 Å². The van der Waals surface area contributed by atoms with Gasteiger partial charge in [0.05, 0.1) is 29.1 Å². The number of aromatic nitrogens is 4. The highest BCUT2D eigenvalue weighted by atomic mass is 28.3. The first kappa shape index (κ1) is 39.9. The Kier molecular flexibility index (Phi) is 12.7. The summed E-state index contributed by atoms with van der Waals surface area (Å²) >= 11 is 0. The lowest BCUT2D eigenvalue weighted by Gasteiger charge is -2.19. The van der Waals surface area contributed by atoms with Crippen LogP contribution >= 0.6 is 0 Å². The van der Waals surface area contributed by atoms with Crippen LogP contribution in [-0.4, -0.2) is 79.4 Å². The molecule has 14 heteroatoms. The zero-order chi connectivity index (χ0) is 38.4. The first-order chi connectivity index (χ1) is 25.0. The fraction of sp³-hybridized carbons (Fsp3) is 0.487. The van der Waals surface area contributed by atoms with Crippen molar-refractivity contribution in [2.75, 3.05) is 26.3 Å². The lowest BCUT2D eigenvalue weighted by Crippen LogP contribution is -2.34. The molecule has 0 fully saturated rings. The third-order valence-corrected chi connectivity index (χ3v) is 12.0. The van der Waals surface area contributed by atoms with Gasteiger partial charge in [-0.2, -0.15) is 5.10 Å². The van der Waals surface area contributed by atoms with E-state index in [0.29, 0.717) is 56.5 Å². The molecule has 0 radical (unpaired) electrons. The van der Waals surface area contributed by atoms with Gasteiger partial charge in [-0.25, -0.2) is 14.5 Å². The van der Waals surface area contributed by atoms with Gasteiger partial charge in [-0.15, -0.1) is 0 Å².